The van der Waals surface area contributed by atoms with Gasteiger partial charge in [0, 0.05) is 16.6 Å². The molecule has 0 radical (unpaired) electrons. The average molecular weight is 410 g/mol. The number of nitrogens with one attached hydrogen (secondary N) is 1. The molecule has 0 bridgehead atoms. The second-order valence-electron chi connectivity index (χ2n) is 5.62. The Morgan fingerprint density at radius 1 is 1.20 bits per heavy atom. The molecule has 7 nitrogen and oxygen atoms in total. The van der Waals surface area contributed by atoms with Gasteiger partial charge in [-0.1, -0.05) is 15.9 Å². The van der Waals surface area contributed by atoms with Crippen LogP contribution in [0.3, 0.4) is 0 Å². The number of nitrogens with zero attached hydrogens (tertiary/aromatic N) is 2. The number of anilines is 1. The summed E-state index contributed by atoms with van der Waals surface area (Å²) in [6.07, 6.45) is 0.648. The van der Waals surface area contributed by atoms with Crippen molar-refractivity contribution in [3.63, 3.8) is 0 Å². The first-order chi connectivity index (χ1) is 11.9. The zero-order chi connectivity index (χ0) is 18.4. The van der Waals surface area contributed by atoms with Gasteiger partial charge in [-0.2, -0.15) is 5.10 Å². The van der Waals surface area contributed by atoms with Gasteiger partial charge in [0.1, 0.15) is 11.6 Å². The molecule has 0 unspecified atom stereocenters. The van der Waals surface area contributed by atoms with Gasteiger partial charge in [-0.25, -0.2) is 9.48 Å². The molecule has 0 saturated heterocycles. The van der Waals surface area contributed by atoms with E-state index in [-0.39, 0.29) is 12.6 Å². The molecular formula is C17H20BrN3O4. The van der Waals surface area contributed by atoms with Crippen molar-refractivity contribution in [2.75, 3.05) is 11.9 Å². The lowest BCUT2D eigenvalue weighted by molar-refractivity contribution is -0.155. The largest absolute Gasteiger partial charge is 0.482 e. The first kappa shape index (κ1) is 19.0. The summed E-state index contributed by atoms with van der Waals surface area (Å²) >= 11 is 3.31. The van der Waals surface area contributed by atoms with Crippen LogP contribution in [0.4, 0.5) is 5.82 Å². The zero-order valence-corrected chi connectivity index (χ0v) is 15.8. The number of benzene rings is 1. The van der Waals surface area contributed by atoms with Gasteiger partial charge in [0.15, 0.2) is 12.7 Å². The Balaban J connectivity index is 1.82. The second-order valence-corrected chi connectivity index (χ2v) is 6.53. The summed E-state index contributed by atoms with van der Waals surface area (Å²) in [5.74, 6) is 0.0365. The maximum Gasteiger partial charge on any atom is 0.344 e. The standard InChI is InChI=1S/C17H20BrN3O4/c1-11(2)21-15(8-9-19-21)20-17(23)12(3)25-16(22)10-24-14-6-4-13(18)5-7-14/h4-9,11-12H,10H2,1-3H3,(H,20,23)/t12-/m0/s1. The van der Waals surface area contributed by atoms with E-state index < -0.39 is 18.0 Å². The fraction of sp³-hybridized carbons (Fsp3) is 0.353. The third kappa shape index (κ3) is 5.60. The molecule has 0 aliphatic rings. The fourth-order valence-corrected chi connectivity index (χ4v) is 2.27. The lowest BCUT2D eigenvalue weighted by Gasteiger charge is -2.16. The molecule has 1 N–H and O–H groups in total. The third-order valence-corrected chi connectivity index (χ3v) is 3.79. The normalized spacial score (nSPS) is 11.9. The molecule has 0 aliphatic heterocycles. The Labute approximate surface area is 154 Å². The molecule has 134 valence electrons. The smallest absolute Gasteiger partial charge is 0.344 e. The summed E-state index contributed by atoms with van der Waals surface area (Å²) in [7, 11) is 0. The van der Waals surface area contributed by atoms with Crippen molar-refractivity contribution >= 4 is 33.6 Å². The topological polar surface area (TPSA) is 82.5 Å². The predicted molar refractivity (Wildman–Crippen MR) is 96.4 cm³/mol. The van der Waals surface area contributed by atoms with E-state index in [1.165, 1.54) is 6.92 Å². The van der Waals surface area contributed by atoms with Gasteiger partial charge in [-0.15, -0.1) is 0 Å². The minimum atomic E-state index is -0.948. The molecule has 0 fully saturated rings. The lowest BCUT2D eigenvalue weighted by atomic mass is 10.3. The first-order valence-electron chi connectivity index (χ1n) is 7.79. The number of halogens is 1. The SMILES string of the molecule is CC(C)n1nccc1NC(=O)[C@H](C)OC(=O)COc1ccc(Br)cc1. The van der Waals surface area contributed by atoms with Crippen molar-refractivity contribution in [1.82, 2.24) is 9.78 Å². The number of ether oxygens (including phenoxy) is 2. The molecule has 1 aromatic heterocycles. The van der Waals surface area contributed by atoms with Crippen LogP contribution in [-0.2, 0) is 14.3 Å². The van der Waals surface area contributed by atoms with Crippen molar-refractivity contribution in [2.24, 2.45) is 0 Å². The second kappa shape index (κ2) is 8.66. The molecular weight excluding hydrogens is 390 g/mol. The van der Waals surface area contributed by atoms with E-state index in [1.807, 2.05) is 13.8 Å². The summed E-state index contributed by atoms with van der Waals surface area (Å²) < 4.78 is 13.0. The van der Waals surface area contributed by atoms with Crippen molar-refractivity contribution in [2.45, 2.75) is 32.9 Å². The minimum absolute atomic E-state index is 0.0995. The fourth-order valence-electron chi connectivity index (χ4n) is 2.01. The summed E-state index contributed by atoms with van der Waals surface area (Å²) in [4.78, 5) is 24.0. The van der Waals surface area contributed by atoms with Crippen LogP contribution in [0, 0.1) is 0 Å². The highest BCUT2D eigenvalue weighted by molar-refractivity contribution is 9.10. The number of amides is 1. The van der Waals surface area contributed by atoms with Crippen LogP contribution < -0.4 is 10.1 Å². The van der Waals surface area contributed by atoms with Crippen LogP contribution in [0.5, 0.6) is 5.75 Å². The first-order valence-corrected chi connectivity index (χ1v) is 8.58. The van der Waals surface area contributed by atoms with Gasteiger partial charge in [0.05, 0.1) is 6.20 Å². The quantitative estimate of drug-likeness (QED) is 0.709. The number of hydrogen-bond donors (Lipinski definition) is 1. The molecule has 1 atom stereocenters. The Morgan fingerprint density at radius 2 is 1.88 bits per heavy atom. The maximum absolute atomic E-state index is 12.2. The molecule has 1 heterocycles. The monoisotopic (exact) mass is 409 g/mol. The van der Waals surface area contributed by atoms with Gasteiger partial charge in [-0.3, -0.25) is 4.79 Å². The molecule has 1 amide bonds. The number of esters is 1. The Hall–Kier alpha value is -2.35. The van der Waals surface area contributed by atoms with Crippen LogP contribution in [-0.4, -0.2) is 34.4 Å². The van der Waals surface area contributed by atoms with E-state index in [0.717, 1.165) is 4.47 Å². The van der Waals surface area contributed by atoms with Crippen molar-refractivity contribution in [1.29, 1.82) is 0 Å². The average Bonchev–Trinajstić information content (AvgIpc) is 3.02. The van der Waals surface area contributed by atoms with Gasteiger partial charge >= 0.3 is 5.97 Å². The predicted octanol–water partition coefficient (Wildman–Crippen LogP) is 3.18. The van der Waals surface area contributed by atoms with E-state index in [1.54, 1.807) is 41.2 Å². The van der Waals surface area contributed by atoms with Gasteiger partial charge in [0.25, 0.3) is 5.91 Å². The highest BCUT2D eigenvalue weighted by Crippen LogP contribution is 2.16. The summed E-state index contributed by atoms with van der Waals surface area (Å²) in [5.41, 5.74) is 0. The molecule has 25 heavy (non-hydrogen) atoms. The number of carbonyl (C=O) groups excluding carboxylic acids is 2. The molecule has 0 saturated carbocycles. The zero-order valence-electron chi connectivity index (χ0n) is 14.2. The van der Waals surface area contributed by atoms with E-state index >= 15 is 0 Å². The molecule has 0 spiro atoms. The van der Waals surface area contributed by atoms with Crippen LogP contribution in [0.1, 0.15) is 26.8 Å². The van der Waals surface area contributed by atoms with Gasteiger partial charge in [-0.05, 0) is 45.0 Å². The molecule has 1 aromatic carbocycles. The summed E-state index contributed by atoms with van der Waals surface area (Å²) in [6, 6.07) is 8.83. The minimum Gasteiger partial charge on any atom is -0.482 e. The van der Waals surface area contributed by atoms with E-state index in [4.69, 9.17) is 9.47 Å². The van der Waals surface area contributed by atoms with Crippen LogP contribution in [0.2, 0.25) is 0 Å². The summed E-state index contributed by atoms with van der Waals surface area (Å²) in [5, 5.41) is 6.82. The van der Waals surface area contributed by atoms with Crippen LogP contribution >= 0.6 is 15.9 Å². The summed E-state index contributed by atoms with van der Waals surface area (Å²) in [6.45, 7) is 5.13. The van der Waals surface area contributed by atoms with E-state index in [0.29, 0.717) is 11.6 Å². The number of aromatic nitrogens is 2. The Bertz CT molecular complexity index is 728. The van der Waals surface area contributed by atoms with Crippen molar-refractivity contribution in [3.05, 3.63) is 41.0 Å². The number of rotatable bonds is 7. The Kier molecular flexibility index (Phi) is 6.58. The van der Waals surface area contributed by atoms with Crippen LogP contribution in [0.15, 0.2) is 41.0 Å². The molecule has 0 aliphatic carbocycles. The van der Waals surface area contributed by atoms with Crippen molar-refractivity contribution in [3.8, 4) is 5.75 Å². The number of hydrogen-bond acceptors (Lipinski definition) is 5. The Morgan fingerprint density at radius 3 is 2.52 bits per heavy atom. The molecule has 2 rings (SSSR count). The molecule has 8 heteroatoms. The van der Waals surface area contributed by atoms with Gasteiger partial charge in [0.2, 0.25) is 0 Å². The third-order valence-electron chi connectivity index (χ3n) is 3.26. The maximum atomic E-state index is 12.2. The van der Waals surface area contributed by atoms with E-state index in [9.17, 15) is 9.59 Å². The lowest BCUT2D eigenvalue weighted by Crippen LogP contribution is -2.32. The van der Waals surface area contributed by atoms with Crippen molar-refractivity contribution < 1.29 is 19.1 Å². The van der Waals surface area contributed by atoms with Gasteiger partial charge < -0.3 is 14.8 Å². The van der Waals surface area contributed by atoms with Crippen LogP contribution in [0.25, 0.3) is 0 Å². The van der Waals surface area contributed by atoms with E-state index in [2.05, 4.69) is 26.3 Å². The molecule has 2 aromatic rings. The number of carbonyl (C=O) groups is 2. The highest BCUT2D eigenvalue weighted by atomic mass is 79.9. The highest BCUT2D eigenvalue weighted by Gasteiger charge is 2.20.